The van der Waals surface area contributed by atoms with Crippen molar-refractivity contribution in [2.45, 2.75) is 103 Å². The van der Waals surface area contributed by atoms with Crippen LogP contribution in [0.3, 0.4) is 0 Å². The number of carbonyl (C=O) groups is 2. The van der Waals surface area contributed by atoms with Gasteiger partial charge in [-0.05, 0) is 116 Å². The van der Waals surface area contributed by atoms with Crippen LogP contribution in [0.15, 0.2) is 111 Å². The summed E-state index contributed by atoms with van der Waals surface area (Å²) in [5.74, 6) is 5.93. The first-order valence-electron chi connectivity index (χ1n) is 20.2. The van der Waals surface area contributed by atoms with E-state index in [-0.39, 0.29) is 29.9 Å². The van der Waals surface area contributed by atoms with E-state index in [1.54, 1.807) is 12.1 Å². The number of aliphatic hydroxyl groups excluding tert-OH is 1. The van der Waals surface area contributed by atoms with Crippen LogP contribution in [0.4, 0.5) is 0 Å². The maximum atomic E-state index is 14.5. The van der Waals surface area contributed by atoms with Gasteiger partial charge in [0.1, 0.15) is 11.3 Å². The molecule has 4 atom stereocenters. The molecule has 5 bridgehead atoms. The van der Waals surface area contributed by atoms with Crippen LogP contribution in [0.2, 0.25) is 0 Å². The molecule has 1 aromatic heterocycles. The van der Waals surface area contributed by atoms with E-state index in [4.69, 9.17) is 18.6 Å². The van der Waals surface area contributed by atoms with Gasteiger partial charge in [0.15, 0.2) is 17.8 Å². The van der Waals surface area contributed by atoms with Crippen molar-refractivity contribution in [1.29, 1.82) is 0 Å². The lowest BCUT2D eigenvalue weighted by atomic mass is 9.82. The molecule has 8 heteroatoms. The number of esters is 2. The van der Waals surface area contributed by atoms with E-state index in [0.717, 1.165) is 41.5 Å². The monoisotopic (exact) mass is 776 g/mol. The molecule has 0 amide bonds. The second kappa shape index (κ2) is 16.5. The fourth-order valence-corrected chi connectivity index (χ4v) is 8.72. The van der Waals surface area contributed by atoms with E-state index in [1.807, 2.05) is 26.8 Å². The van der Waals surface area contributed by atoms with Crippen LogP contribution < -0.4 is 10.4 Å². The summed E-state index contributed by atoms with van der Waals surface area (Å²) < 4.78 is 25.6. The fourth-order valence-electron chi connectivity index (χ4n) is 8.72. The minimum Gasteiger partial charge on any atom is -0.482 e. The lowest BCUT2D eigenvalue weighted by Crippen LogP contribution is -2.54. The highest BCUT2D eigenvalue weighted by atomic mass is 16.6. The summed E-state index contributed by atoms with van der Waals surface area (Å²) in [5, 5.41) is 10.7. The maximum Gasteiger partial charge on any atom is 0.336 e. The van der Waals surface area contributed by atoms with Crippen molar-refractivity contribution in [3.8, 4) is 17.6 Å². The Morgan fingerprint density at radius 1 is 0.828 bits per heavy atom. The van der Waals surface area contributed by atoms with Crippen LogP contribution in [0.25, 0.3) is 11.0 Å². The highest BCUT2D eigenvalue weighted by molar-refractivity contribution is 5.90. The average molecular weight is 777 g/mol. The summed E-state index contributed by atoms with van der Waals surface area (Å²) in [6.45, 7) is 5.18. The fraction of sp³-hybridized carbons (Fsp3) is 0.340. The van der Waals surface area contributed by atoms with Crippen LogP contribution in [0.1, 0.15) is 97.1 Å². The number of fused-ring (bicyclic) bond motifs is 7. The van der Waals surface area contributed by atoms with Crippen LogP contribution in [0.5, 0.6) is 5.75 Å². The summed E-state index contributed by atoms with van der Waals surface area (Å²) in [7, 11) is 0. The summed E-state index contributed by atoms with van der Waals surface area (Å²) in [6, 6.07) is 30.2. The Morgan fingerprint density at radius 2 is 1.64 bits per heavy atom. The molecule has 58 heavy (non-hydrogen) atoms. The third kappa shape index (κ3) is 8.23. The van der Waals surface area contributed by atoms with Gasteiger partial charge in [0, 0.05) is 29.9 Å². The van der Waals surface area contributed by atoms with E-state index in [9.17, 15) is 19.5 Å². The van der Waals surface area contributed by atoms with Gasteiger partial charge in [-0.1, -0.05) is 90.2 Å². The Labute approximate surface area is 338 Å². The Kier molecular flexibility index (Phi) is 11.1. The van der Waals surface area contributed by atoms with Crippen molar-refractivity contribution in [2.75, 3.05) is 0 Å². The Morgan fingerprint density at radius 3 is 2.45 bits per heavy atom. The van der Waals surface area contributed by atoms with Crippen LogP contribution >= 0.6 is 0 Å². The molecule has 8 rings (SSSR count). The normalized spacial score (nSPS) is 21.7. The topological polar surface area (TPSA) is 112 Å². The molecule has 5 aromatic rings. The number of ether oxygens (including phenoxy) is 3. The summed E-state index contributed by atoms with van der Waals surface area (Å²) in [5.41, 5.74) is 7.15. The minimum atomic E-state index is -1.26. The second-order valence-electron chi connectivity index (χ2n) is 16.3. The second-order valence-corrected chi connectivity index (χ2v) is 16.3. The van der Waals surface area contributed by atoms with Crippen molar-refractivity contribution >= 4 is 22.9 Å². The molecule has 0 saturated carbocycles. The molecule has 0 radical (unpaired) electrons. The van der Waals surface area contributed by atoms with E-state index >= 15 is 0 Å². The number of benzene rings is 4. The lowest BCUT2D eigenvalue weighted by Gasteiger charge is -2.44. The van der Waals surface area contributed by atoms with Gasteiger partial charge < -0.3 is 23.7 Å². The Bertz CT molecular complexity index is 2530. The van der Waals surface area contributed by atoms with Crippen molar-refractivity contribution < 1.29 is 33.3 Å². The van der Waals surface area contributed by atoms with Gasteiger partial charge in [0.05, 0.1) is 18.6 Å². The molecule has 4 aromatic carbocycles. The van der Waals surface area contributed by atoms with Gasteiger partial charge in [0.2, 0.25) is 0 Å². The molecule has 296 valence electrons. The molecular formula is C50H48O8. The SMILES string of the molecule is CC(C)=C1CCc2ccc3c(c2)CC#CCC2(C)Oc4ccc5c(CO)cc(=O)oc5c4C(OC(=O)CC(CCc4cccc(Cc5ccccc5)c4)C3)C2OC1=O. The number of aliphatic hydroxyl groups is 1. The smallest absolute Gasteiger partial charge is 0.336 e. The van der Waals surface area contributed by atoms with Crippen LogP contribution in [-0.2, 0) is 57.8 Å². The van der Waals surface area contributed by atoms with E-state index in [1.165, 1.54) is 22.8 Å². The average Bonchev–Trinajstić information content (AvgIpc) is 3.20. The molecule has 1 N–H and O–H groups in total. The molecule has 4 heterocycles. The van der Waals surface area contributed by atoms with Gasteiger partial charge in [-0.2, -0.15) is 0 Å². The Hall–Kier alpha value is -5.91. The Balaban J connectivity index is 1.23. The molecule has 8 nitrogen and oxygen atoms in total. The zero-order chi connectivity index (χ0) is 40.4. The van der Waals surface area contributed by atoms with Crippen molar-refractivity contribution in [2.24, 2.45) is 5.92 Å². The quantitative estimate of drug-likeness (QED) is 0.0790. The first-order valence-corrected chi connectivity index (χ1v) is 20.2. The summed E-state index contributed by atoms with van der Waals surface area (Å²) in [4.78, 5) is 41.8. The molecular weight excluding hydrogens is 729 g/mol. The van der Waals surface area contributed by atoms with Crippen molar-refractivity contribution in [3.05, 3.63) is 157 Å². The standard InChI is InChI=1S/C50H48O8/c1-31(2)40-20-18-34-17-19-38-27-36(16-15-33-12-9-13-35(25-33)24-32-10-5-4-6-11-32)28-43(52)56-47-45-42(22-21-41-39(30-51)29-44(53)55-46(41)45)58-50(3,48(47)57-49(40)54)23-8-7-14-37(38)26-34/h4-6,9-13,17,19,21-22,25-26,29,36,47-48,51H,14-16,18,20,23-24,27-28,30H2,1-3H3. The first kappa shape index (κ1) is 38.9. The predicted octanol–water partition coefficient (Wildman–Crippen LogP) is 8.64. The van der Waals surface area contributed by atoms with Crippen LogP contribution in [0, 0.1) is 17.8 Å². The number of hydrogen-bond donors (Lipinski definition) is 1. The highest BCUT2D eigenvalue weighted by Crippen LogP contribution is 2.48. The zero-order valence-electron chi connectivity index (χ0n) is 33.3. The zero-order valence-corrected chi connectivity index (χ0v) is 33.3. The third-order valence-corrected chi connectivity index (χ3v) is 11.8. The van der Waals surface area contributed by atoms with Gasteiger partial charge >= 0.3 is 17.6 Å². The number of aryl methyl sites for hydroxylation is 2. The van der Waals surface area contributed by atoms with Crippen LogP contribution in [-0.4, -0.2) is 28.8 Å². The lowest BCUT2D eigenvalue weighted by molar-refractivity contribution is -0.190. The van der Waals surface area contributed by atoms with Gasteiger partial charge in [-0.25, -0.2) is 9.59 Å². The number of rotatable bonds is 6. The molecule has 0 fully saturated rings. The largest absolute Gasteiger partial charge is 0.482 e. The van der Waals surface area contributed by atoms with E-state index in [0.29, 0.717) is 48.0 Å². The third-order valence-electron chi connectivity index (χ3n) is 11.8. The van der Waals surface area contributed by atoms with Crippen molar-refractivity contribution in [1.82, 2.24) is 0 Å². The summed E-state index contributed by atoms with van der Waals surface area (Å²) in [6.07, 6.45) is 2.41. The molecule has 0 aliphatic carbocycles. The summed E-state index contributed by atoms with van der Waals surface area (Å²) >= 11 is 0. The van der Waals surface area contributed by atoms with Crippen molar-refractivity contribution in [3.63, 3.8) is 0 Å². The molecule has 4 unspecified atom stereocenters. The number of carbonyl (C=O) groups excluding carboxylic acids is 2. The van der Waals surface area contributed by atoms with E-state index < -0.39 is 42.0 Å². The van der Waals surface area contributed by atoms with E-state index in [2.05, 4.69) is 78.6 Å². The first-order chi connectivity index (χ1) is 28.1. The molecule has 0 saturated heterocycles. The van der Waals surface area contributed by atoms with Gasteiger partial charge in [-0.15, -0.1) is 0 Å². The number of hydrogen-bond acceptors (Lipinski definition) is 8. The van der Waals surface area contributed by atoms with Gasteiger partial charge in [0.25, 0.3) is 0 Å². The molecule has 0 spiro atoms. The highest BCUT2D eigenvalue weighted by Gasteiger charge is 2.53. The minimum absolute atomic E-state index is 0.0937. The molecule has 3 aliphatic heterocycles. The predicted molar refractivity (Wildman–Crippen MR) is 221 cm³/mol. The number of allylic oxidation sites excluding steroid dienone is 1. The molecule has 3 aliphatic rings. The maximum absolute atomic E-state index is 14.5. The van der Waals surface area contributed by atoms with Gasteiger partial charge in [-0.3, -0.25) is 4.79 Å².